The van der Waals surface area contributed by atoms with Gasteiger partial charge in [0.25, 0.3) is 0 Å². The van der Waals surface area contributed by atoms with E-state index >= 15 is 0 Å². The highest BCUT2D eigenvalue weighted by atomic mass is 32.2. The van der Waals surface area contributed by atoms with Crippen LogP contribution in [-0.4, -0.2) is 50.4 Å². The second-order valence-corrected chi connectivity index (χ2v) is 7.90. The topological polar surface area (TPSA) is 89.7 Å². The van der Waals surface area contributed by atoms with Crippen LogP contribution in [0.2, 0.25) is 0 Å². The Kier molecular flexibility index (Phi) is 4.80. The molecule has 0 aromatic heterocycles. The van der Waals surface area contributed by atoms with Crippen LogP contribution in [0.4, 0.5) is 5.69 Å². The minimum atomic E-state index is -3.66. The number of anilines is 1. The summed E-state index contributed by atoms with van der Waals surface area (Å²) in [5, 5.41) is 0. The van der Waals surface area contributed by atoms with Crippen molar-refractivity contribution in [3.8, 4) is 0 Å². The predicted molar refractivity (Wildman–Crippen MR) is 82.9 cm³/mol. The van der Waals surface area contributed by atoms with E-state index in [4.69, 9.17) is 5.73 Å². The van der Waals surface area contributed by atoms with Gasteiger partial charge in [0.05, 0.1) is 18.4 Å². The van der Waals surface area contributed by atoms with Crippen LogP contribution in [0, 0.1) is 0 Å². The maximum Gasteiger partial charge on any atom is 0.337 e. The lowest BCUT2D eigenvalue weighted by molar-refractivity contribution is 0.0600. The highest BCUT2D eigenvalue weighted by molar-refractivity contribution is 7.99. The summed E-state index contributed by atoms with van der Waals surface area (Å²) < 4.78 is 31.2. The normalized spacial score (nSPS) is 18.9. The molecule has 0 saturated carbocycles. The number of esters is 1. The number of methoxy groups -OCH3 is 1. The molecule has 2 rings (SSSR count). The fourth-order valence-electron chi connectivity index (χ4n) is 2.19. The molecule has 1 fully saturated rings. The van der Waals surface area contributed by atoms with Gasteiger partial charge in [-0.15, -0.1) is 0 Å². The van der Waals surface area contributed by atoms with E-state index in [0.717, 1.165) is 17.9 Å². The summed E-state index contributed by atoms with van der Waals surface area (Å²) in [7, 11) is -0.832. The number of nitrogens with two attached hydrogens (primary N) is 1. The fourth-order valence-corrected chi connectivity index (χ4v) is 5.03. The first kappa shape index (κ1) is 16.1. The third-order valence-corrected chi connectivity index (χ3v) is 6.64. The predicted octanol–water partition coefficient (Wildman–Crippen LogP) is 1.18. The van der Waals surface area contributed by atoms with E-state index in [1.54, 1.807) is 18.8 Å². The number of nitrogens with zero attached hydrogens (tertiary/aromatic N) is 1. The summed E-state index contributed by atoms with van der Waals surface area (Å²) in [5.41, 5.74) is 6.10. The molecule has 0 aliphatic carbocycles. The number of sulfonamides is 1. The molecule has 1 aliphatic rings. The number of nitrogen functional groups attached to an aromatic ring is 1. The Labute approximate surface area is 128 Å². The average molecular weight is 330 g/mol. The second-order valence-electron chi connectivity index (χ2n) is 4.78. The van der Waals surface area contributed by atoms with Crippen LogP contribution in [0.15, 0.2) is 23.1 Å². The lowest BCUT2D eigenvalue weighted by atomic mass is 10.2. The molecule has 1 aliphatic heterocycles. The Hall–Kier alpha value is -1.25. The fraction of sp³-hybridized carbons (Fsp3) is 0.462. The van der Waals surface area contributed by atoms with Gasteiger partial charge in [0.2, 0.25) is 10.0 Å². The molecule has 21 heavy (non-hydrogen) atoms. The molecule has 1 atom stereocenters. The zero-order chi connectivity index (χ0) is 15.6. The van der Waals surface area contributed by atoms with Gasteiger partial charge >= 0.3 is 5.97 Å². The molecule has 0 amide bonds. The minimum Gasteiger partial charge on any atom is -0.465 e. The van der Waals surface area contributed by atoms with Crippen molar-refractivity contribution in [2.24, 2.45) is 0 Å². The van der Waals surface area contributed by atoms with E-state index < -0.39 is 16.0 Å². The van der Waals surface area contributed by atoms with Crippen LogP contribution < -0.4 is 5.73 Å². The van der Waals surface area contributed by atoms with Gasteiger partial charge in [-0.1, -0.05) is 0 Å². The van der Waals surface area contributed by atoms with Crippen molar-refractivity contribution in [1.29, 1.82) is 0 Å². The SMILES string of the molecule is COC(=O)c1ccc(S(=O)(=O)N(C)C2CCSC2)c(N)c1. The molecule has 0 radical (unpaired) electrons. The molecule has 0 bridgehead atoms. The van der Waals surface area contributed by atoms with Crippen LogP contribution in [-0.2, 0) is 14.8 Å². The smallest absolute Gasteiger partial charge is 0.337 e. The van der Waals surface area contributed by atoms with Crippen LogP contribution in [0.5, 0.6) is 0 Å². The Bertz CT molecular complexity index is 640. The number of hydrogen-bond acceptors (Lipinski definition) is 6. The summed E-state index contributed by atoms with van der Waals surface area (Å²) in [6.07, 6.45) is 0.834. The quantitative estimate of drug-likeness (QED) is 0.659. The average Bonchev–Trinajstić information content (AvgIpc) is 2.99. The van der Waals surface area contributed by atoms with Crippen LogP contribution >= 0.6 is 11.8 Å². The summed E-state index contributed by atoms with van der Waals surface area (Å²) in [6, 6.07) is 4.08. The first-order valence-corrected chi connectivity index (χ1v) is 9.01. The van der Waals surface area contributed by atoms with E-state index in [1.165, 1.54) is 29.6 Å². The molecular weight excluding hydrogens is 312 g/mol. The van der Waals surface area contributed by atoms with Gasteiger partial charge in [-0.2, -0.15) is 16.1 Å². The third-order valence-electron chi connectivity index (χ3n) is 3.51. The number of carbonyl (C=O) groups excluding carboxylic acids is 1. The van der Waals surface area contributed by atoms with Crippen LogP contribution in [0.25, 0.3) is 0 Å². The molecule has 1 unspecified atom stereocenters. The maximum atomic E-state index is 12.6. The highest BCUT2D eigenvalue weighted by Crippen LogP contribution is 2.29. The number of carbonyl (C=O) groups is 1. The van der Waals surface area contributed by atoms with E-state index in [-0.39, 0.29) is 22.2 Å². The first-order chi connectivity index (χ1) is 9.87. The summed E-state index contributed by atoms with van der Waals surface area (Å²) in [6.45, 7) is 0. The molecule has 1 heterocycles. The maximum absolute atomic E-state index is 12.6. The zero-order valence-corrected chi connectivity index (χ0v) is 13.5. The lowest BCUT2D eigenvalue weighted by Crippen LogP contribution is -2.37. The second kappa shape index (κ2) is 6.25. The van der Waals surface area contributed by atoms with Crippen molar-refractivity contribution in [2.75, 3.05) is 31.4 Å². The highest BCUT2D eigenvalue weighted by Gasteiger charge is 2.31. The molecule has 0 spiro atoms. The number of thioether (sulfide) groups is 1. The summed E-state index contributed by atoms with van der Waals surface area (Å²) in [5.74, 6) is 1.20. The van der Waals surface area contributed by atoms with Crippen molar-refractivity contribution < 1.29 is 17.9 Å². The molecule has 2 N–H and O–H groups in total. The molecule has 116 valence electrons. The van der Waals surface area contributed by atoms with E-state index in [1.807, 2.05) is 0 Å². The van der Waals surface area contributed by atoms with E-state index in [2.05, 4.69) is 4.74 Å². The summed E-state index contributed by atoms with van der Waals surface area (Å²) >= 11 is 1.74. The number of benzene rings is 1. The first-order valence-electron chi connectivity index (χ1n) is 6.41. The Morgan fingerprint density at radius 2 is 2.19 bits per heavy atom. The van der Waals surface area contributed by atoms with Gasteiger partial charge in [-0.05, 0) is 30.4 Å². The Morgan fingerprint density at radius 3 is 2.71 bits per heavy atom. The van der Waals surface area contributed by atoms with Crippen molar-refractivity contribution in [3.05, 3.63) is 23.8 Å². The lowest BCUT2D eigenvalue weighted by Gasteiger charge is -2.23. The Balaban J connectivity index is 2.34. The number of rotatable bonds is 4. The Morgan fingerprint density at radius 1 is 1.48 bits per heavy atom. The van der Waals surface area contributed by atoms with Gasteiger partial charge in [0.1, 0.15) is 4.90 Å². The van der Waals surface area contributed by atoms with Gasteiger partial charge in [0, 0.05) is 18.8 Å². The van der Waals surface area contributed by atoms with Gasteiger partial charge in [-0.3, -0.25) is 0 Å². The van der Waals surface area contributed by atoms with Crippen molar-refractivity contribution >= 4 is 33.4 Å². The third kappa shape index (κ3) is 3.17. The van der Waals surface area contributed by atoms with Gasteiger partial charge in [0.15, 0.2) is 0 Å². The molecule has 1 aromatic carbocycles. The van der Waals surface area contributed by atoms with Gasteiger partial charge < -0.3 is 10.5 Å². The van der Waals surface area contributed by atoms with E-state index in [9.17, 15) is 13.2 Å². The molecule has 8 heteroatoms. The number of ether oxygens (including phenoxy) is 1. The standard InChI is InChI=1S/C13H18N2O4S2/c1-15(10-5-6-20-8-10)21(17,18)12-4-3-9(7-11(12)14)13(16)19-2/h3-4,7,10H,5-6,8,14H2,1-2H3. The largest absolute Gasteiger partial charge is 0.465 e. The van der Waals surface area contributed by atoms with Crippen molar-refractivity contribution in [1.82, 2.24) is 4.31 Å². The zero-order valence-electron chi connectivity index (χ0n) is 11.9. The summed E-state index contributed by atoms with van der Waals surface area (Å²) in [4.78, 5) is 11.5. The van der Waals surface area contributed by atoms with Crippen molar-refractivity contribution in [3.63, 3.8) is 0 Å². The number of hydrogen-bond donors (Lipinski definition) is 1. The van der Waals surface area contributed by atoms with E-state index in [0.29, 0.717) is 0 Å². The van der Waals surface area contributed by atoms with Gasteiger partial charge in [-0.25, -0.2) is 13.2 Å². The molecule has 6 nitrogen and oxygen atoms in total. The van der Waals surface area contributed by atoms with Crippen LogP contribution in [0.1, 0.15) is 16.8 Å². The minimum absolute atomic E-state index is 0.0142. The van der Waals surface area contributed by atoms with Crippen molar-refractivity contribution in [2.45, 2.75) is 17.4 Å². The molecule has 1 saturated heterocycles. The molecule has 1 aromatic rings. The molecular formula is C13H18N2O4S2. The van der Waals surface area contributed by atoms with Crippen LogP contribution in [0.3, 0.4) is 0 Å². The monoisotopic (exact) mass is 330 g/mol.